The number of halogens is 1. The van der Waals surface area contributed by atoms with Crippen LogP contribution in [0.5, 0.6) is 0 Å². The highest BCUT2D eigenvalue weighted by atomic mass is 35.5. The number of rotatable bonds is 4. The second-order valence-electron chi connectivity index (χ2n) is 5.62. The van der Waals surface area contributed by atoms with Crippen molar-refractivity contribution in [2.45, 2.75) is 45.1 Å². The van der Waals surface area contributed by atoms with Gasteiger partial charge in [-0.15, -0.1) is 0 Å². The van der Waals surface area contributed by atoms with Gasteiger partial charge in [0.15, 0.2) is 5.79 Å². The Balaban J connectivity index is 1.80. The number of nitrogens with one attached hydrogen (secondary N) is 1. The van der Waals surface area contributed by atoms with Crippen molar-refractivity contribution in [3.63, 3.8) is 0 Å². The molecule has 0 amide bonds. The van der Waals surface area contributed by atoms with Crippen molar-refractivity contribution in [1.82, 2.24) is 5.32 Å². The lowest BCUT2D eigenvalue weighted by molar-refractivity contribution is -0.253. The van der Waals surface area contributed by atoms with E-state index in [-0.39, 0.29) is 6.04 Å². The van der Waals surface area contributed by atoms with Gasteiger partial charge in [-0.1, -0.05) is 23.7 Å². The van der Waals surface area contributed by atoms with Crippen molar-refractivity contribution in [2.24, 2.45) is 0 Å². The molecule has 1 saturated heterocycles. The van der Waals surface area contributed by atoms with Crippen LogP contribution in [0.4, 0.5) is 0 Å². The summed E-state index contributed by atoms with van der Waals surface area (Å²) in [4.78, 5) is 0. The van der Waals surface area contributed by atoms with Crippen LogP contribution in [0.25, 0.3) is 0 Å². The predicted octanol–water partition coefficient (Wildman–Crippen LogP) is 3.01. The summed E-state index contributed by atoms with van der Waals surface area (Å²) in [5.74, 6) is -0.450. The van der Waals surface area contributed by atoms with E-state index in [9.17, 15) is 0 Å². The van der Waals surface area contributed by atoms with E-state index in [1.54, 1.807) is 0 Å². The van der Waals surface area contributed by atoms with Crippen LogP contribution in [0.2, 0.25) is 5.02 Å². The van der Waals surface area contributed by atoms with Gasteiger partial charge < -0.3 is 14.8 Å². The second kappa shape index (κ2) is 6.23. The Kier molecular flexibility index (Phi) is 4.85. The summed E-state index contributed by atoms with van der Waals surface area (Å²) in [6, 6.07) is 8.60. The fraction of sp³-hybridized carbons (Fsp3) is 0.600. The van der Waals surface area contributed by atoms with Crippen molar-refractivity contribution in [3.05, 3.63) is 34.9 Å². The highest BCUT2D eigenvalue weighted by Crippen LogP contribution is 2.18. The zero-order chi connectivity index (χ0) is 13.9. The monoisotopic (exact) mass is 283 g/mol. The lowest BCUT2D eigenvalue weighted by atomic mass is 10.1. The molecule has 1 atom stereocenters. The molecule has 1 unspecified atom stereocenters. The van der Waals surface area contributed by atoms with E-state index in [0.29, 0.717) is 19.3 Å². The van der Waals surface area contributed by atoms with E-state index in [1.165, 1.54) is 5.56 Å². The lowest BCUT2D eigenvalue weighted by Crippen LogP contribution is -2.51. The Hall–Kier alpha value is -0.610. The van der Waals surface area contributed by atoms with Gasteiger partial charge in [0, 0.05) is 11.1 Å². The summed E-state index contributed by atoms with van der Waals surface area (Å²) in [5, 5.41) is 4.32. The highest BCUT2D eigenvalue weighted by molar-refractivity contribution is 6.30. The molecule has 3 nitrogen and oxygen atoms in total. The minimum atomic E-state index is -0.450. The molecule has 0 spiro atoms. The first-order valence-electron chi connectivity index (χ1n) is 6.73. The van der Waals surface area contributed by atoms with Crippen molar-refractivity contribution in [1.29, 1.82) is 0 Å². The SMILES string of the molecule is CC(Cc1cccc(Cl)c1)NC1COC(C)(C)OC1. The lowest BCUT2D eigenvalue weighted by Gasteiger charge is -2.36. The smallest absolute Gasteiger partial charge is 0.162 e. The Morgan fingerprint density at radius 1 is 1.37 bits per heavy atom. The molecule has 0 bridgehead atoms. The molecule has 1 N–H and O–H groups in total. The van der Waals surface area contributed by atoms with Crippen molar-refractivity contribution in [2.75, 3.05) is 13.2 Å². The molecule has 106 valence electrons. The van der Waals surface area contributed by atoms with Gasteiger partial charge in [-0.3, -0.25) is 0 Å². The molecule has 1 aliphatic heterocycles. The van der Waals surface area contributed by atoms with Crippen molar-refractivity contribution >= 4 is 11.6 Å². The summed E-state index contributed by atoms with van der Waals surface area (Å²) in [6.45, 7) is 7.43. The van der Waals surface area contributed by atoms with Crippen LogP contribution < -0.4 is 5.32 Å². The Morgan fingerprint density at radius 2 is 2.05 bits per heavy atom. The molecule has 2 rings (SSSR count). The van der Waals surface area contributed by atoms with E-state index in [4.69, 9.17) is 21.1 Å². The maximum absolute atomic E-state index is 5.99. The van der Waals surface area contributed by atoms with Crippen LogP contribution in [-0.2, 0) is 15.9 Å². The Morgan fingerprint density at radius 3 is 2.68 bits per heavy atom. The second-order valence-corrected chi connectivity index (χ2v) is 6.06. The molecular formula is C15H22ClNO2. The zero-order valence-corrected chi connectivity index (χ0v) is 12.5. The molecule has 0 aliphatic carbocycles. The molecule has 1 aromatic rings. The highest BCUT2D eigenvalue weighted by Gasteiger charge is 2.28. The summed E-state index contributed by atoms with van der Waals surface area (Å²) in [5.41, 5.74) is 1.24. The molecule has 0 saturated carbocycles. The first kappa shape index (κ1) is 14.8. The number of hydrogen-bond acceptors (Lipinski definition) is 3. The van der Waals surface area contributed by atoms with Gasteiger partial charge in [0.25, 0.3) is 0 Å². The zero-order valence-electron chi connectivity index (χ0n) is 11.8. The molecule has 1 aliphatic rings. The van der Waals surface area contributed by atoms with Crippen LogP contribution in [0.3, 0.4) is 0 Å². The van der Waals surface area contributed by atoms with Gasteiger partial charge in [-0.05, 0) is 44.9 Å². The van der Waals surface area contributed by atoms with Gasteiger partial charge >= 0.3 is 0 Å². The van der Waals surface area contributed by atoms with Crippen LogP contribution in [0.1, 0.15) is 26.3 Å². The molecule has 1 fully saturated rings. The van der Waals surface area contributed by atoms with Crippen LogP contribution in [-0.4, -0.2) is 31.1 Å². The third kappa shape index (κ3) is 4.77. The van der Waals surface area contributed by atoms with Crippen LogP contribution in [0.15, 0.2) is 24.3 Å². The topological polar surface area (TPSA) is 30.5 Å². The molecule has 1 aromatic carbocycles. The van der Waals surface area contributed by atoms with E-state index in [0.717, 1.165) is 11.4 Å². The van der Waals surface area contributed by atoms with E-state index >= 15 is 0 Å². The molecule has 4 heteroatoms. The third-order valence-electron chi connectivity index (χ3n) is 3.22. The number of hydrogen-bond donors (Lipinski definition) is 1. The molecule has 0 aromatic heterocycles. The first-order valence-corrected chi connectivity index (χ1v) is 7.11. The van der Waals surface area contributed by atoms with Gasteiger partial charge in [0.2, 0.25) is 0 Å². The van der Waals surface area contributed by atoms with Crippen LogP contribution in [0, 0.1) is 0 Å². The average molecular weight is 284 g/mol. The van der Waals surface area contributed by atoms with E-state index in [2.05, 4.69) is 18.3 Å². The van der Waals surface area contributed by atoms with Crippen molar-refractivity contribution < 1.29 is 9.47 Å². The third-order valence-corrected chi connectivity index (χ3v) is 3.45. The summed E-state index contributed by atoms with van der Waals surface area (Å²) in [6.07, 6.45) is 0.945. The van der Waals surface area contributed by atoms with Gasteiger partial charge in [0.05, 0.1) is 19.3 Å². The van der Waals surface area contributed by atoms with E-state index < -0.39 is 5.79 Å². The number of benzene rings is 1. The first-order chi connectivity index (χ1) is 8.94. The maximum Gasteiger partial charge on any atom is 0.162 e. The minimum Gasteiger partial charge on any atom is -0.349 e. The van der Waals surface area contributed by atoms with Gasteiger partial charge in [-0.2, -0.15) is 0 Å². The number of ether oxygens (including phenoxy) is 2. The molecule has 0 radical (unpaired) electrons. The Bertz CT molecular complexity index is 412. The standard InChI is InChI=1S/C15H22ClNO2/c1-11(7-12-5-4-6-13(16)8-12)17-14-9-18-15(2,3)19-10-14/h4-6,8,11,14,17H,7,9-10H2,1-3H3. The van der Waals surface area contributed by atoms with Crippen LogP contribution >= 0.6 is 11.6 Å². The fourth-order valence-corrected chi connectivity index (χ4v) is 2.48. The molecule has 1 heterocycles. The van der Waals surface area contributed by atoms with E-state index in [1.807, 2.05) is 32.0 Å². The van der Waals surface area contributed by atoms with Gasteiger partial charge in [0.1, 0.15) is 0 Å². The quantitative estimate of drug-likeness (QED) is 0.921. The fourth-order valence-electron chi connectivity index (χ4n) is 2.27. The Labute approximate surface area is 120 Å². The summed E-state index contributed by atoms with van der Waals surface area (Å²) >= 11 is 5.99. The summed E-state index contributed by atoms with van der Waals surface area (Å²) in [7, 11) is 0. The summed E-state index contributed by atoms with van der Waals surface area (Å²) < 4.78 is 11.3. The predicted molar refractivity (Wildman–Crippen MR) is 77.5 cm³/mol. The average Bonchev–Trinajstić information content (AvgIpc) is 2.32. The molecular weight excluding hydrogens is 262 g/mol. The van der Waals surface area contributed by atoms with Gasteiger partial charge in [-0.25, -0.2) is 0 Å². The maximum atomic E-state index is 5.99. The normalized spacial score (nSPS) is 21.3. The minimum absolute atomic E-state index is 0.252. The molecule has 19 heavy (non-hydrogen) atoms. The van der Waals surface area contributed by atoms with Crippen molar-refractivity contribution in [3.8, 4) is 0 Å². The largest absolute Gasteiger partial charge is 0.349 e.